The number of ketones is 1. The molecule has 0 radical (unpaired) electrons. The summed E-state index contributed by atoms with van der Waals surface area (Å²) in [6.45, 7) is 5.98. The number of carbonyl (C=O) groups is 1. The second kappa shape index (κ2) is 5.73. The van der Waals surface area contributed by atoms with E-state index >= 15 is 0 Å². The molecule has 2 aromatic rings. The first-order valence-corrected chi connectivity index (χ1v) is 6.31. The molecule has 0 saturated heterocycles. The van der Waals surface area contributed by atoms with Crippen LogP contribution in [0, 0.1) is 12.8 Å². The third-order valence-corrected chi connectivity index (χ3v) is 2.73. The number of nitrogens with zero attached hydrogens (tertiary/aromatic N) is 3. The summed E-state index contributed by atoms with van der Waals surface area (Å²) in [5.74, 6) is 1.31. The van der Waals surface area contributed by atoms with Gasteiger partial charge < -0.3 is 4.52 Å². The van der Waals surface area contributed by atoms with Gasteiger partial charge >= 0.3 is 0 Å². The van der Waals surface area contributed by atoms with Crippen molar-refractivity contribution in [3.8, 4) is 11.4 Å². The van der Waals surface area contributed by atoms with E-state index in [-0.39, 0.29) is 12.2 Å². The molecule has 0 amide bonds. The number of hydrogen-bond acceptors (Lipinski definition) is 5. The average Bonchev–Trinajstić information content (AvgIpc) is 2.76. The molecular formula is C14H17N3O2. The van der Waals surface area contributed by atoms with Gasteiger partial charge in [0.2, 0.25) is 11.7 Å². The molecule has 0 aliphatic heterocycles. The quantitative estimate of drug-likeness (QED) is 0.825. The summed E-state index contributed by atoms with van der Waals surface area (Å²) in [5, 5.41) is 3.90. The molecule has 0 saturated carbocycles. The lowest BCUT2D eigenvalue weighted by molar-refractivity contribution is -0.119. The zero-order chi connectivity index (χ0) is 13.8. The molecule has 0 atom stereocenters. The molecule has 0 aromatic carbocycles. The lowest BCUT2D eigenvalue weighted by Crippen LogP contribution is -2.06. The van der Waals surface area contributed by atoms with E-state index in [9.17, 15) is 4.79 Å². The molecule has 2 heterocycles. The number of Topliss-reactive ketones (excluding diaryl/α,β-unsaturated/α-hetero) is 1. The molecular weight excluding hydrogens is 242 g/mol. The monoisotopic (exact) mass is 259 g/mol. The first-order chi connectivity index (χ1) is 9.06. The van der Waals surface area contributed by atoms with Crippen LogP contribution in [0.1, 0.15) is 31.7 Å². The van der Waals surface area contributed by atoms with Gasteiger partial charge in [-0.25, -0.2) is 0 Å². The van der Waals surface area contributed by atoms with Crippen molar-refractivity contribution in [1.82, 2.24) is 15.1 Å². The Labute approximate surface area is 112 Å². The van der Waals surface area contributed by atoms with Gasteiger partial charge in [-0.1, -0.05) is 19.0 Å². The van der Waals surface area contributed by atoms with Gasteiger partial charge in [-0.15, -0.1) is 0 Å². The maximum atomic E-state index is 11.7. The number of aryl methyl sites for hydroxylation is 1. The topological polar surface area (TPSA) is 68.9 Å². The molecule has 5 heteroatoms. The van der Waals surface area contributed by atoms with Crippen LogP contribution in [-0.2, 0) is 11.2 Å². The van der Waals surface area contributed by atoms with E-state index in [1.54, 1.807) is 12.4 Å². The summed E-state index contributed by atoms with van der Waals surface area (Å²) in [4.78, 5) is 20.0. The molecule has 0 bridgehead atoms. The summed E-state index contributed by atoms with van der Waals surface area (Å²) in [6.07, 6.45) is 4.14. The fourth-order valence-corrected chi connectivity index (χ4v) is 1.83. The van der Waals surface area contributed by atoms with Crippen LogP contribution < -0.4 is 0 Å². The third-order valence-electron chi connectivity index (χ3n) is 2.73. The fourth-order valence-electron chi connectivity index (χ4n) is 1.83. The average molecular weight is 259 g/mol. The fraction of sp³-hybridized carbons (Fsp3) is 0.429. The second-order valence-electron chi connectivity index (χ2n) is 5.02. The van der Waals surface area contributed by atoms with E-state index in [0.717, 1.165) is 11.1 Å². The van der Waals surface area contributed by atoms with Crippen molar-refractivity contribution in [3.63, 3.8) is 0 Å². The van der Waals surface area contributed by atoms with Crippen LogP contribution in [0.3, 0.4) is 0 Å². The minimum Gasteiger partial charge on any atom is -0.338 e. The summed E-state index contributed by atoms with van der Waals surface area (Å²) in [5.41, 5.74) is 1.85. The van der Waals surface area contributed by atoms with Gasteiger partial charge in [0.15, 0.2) is 0 Å². The summed E-state index contributed by atoms with van der Waals surface area (Å²) >= 11 is 0. The van der Waals surface area contributed by atoms with E-state index in [2.05, 4.69) is 15.1 Å². The van der Waals surface area contributed by atoms with Gasteiger partial charge in [-0.05, 0) is 24.5 Å². The van der Waals surface area contributed by atoms with Crippen molar-refractivity contribution in [2.75, 3.05) is 0 Å². The van der Waals surface area contributed by atoms with Crippen LogP contribution in [0.2, 0.25) is 0 Å². The number of aromatic nitrogens is 3. The predicted octanol–water partition coefficient (Wildman–Crippen LogP) is 2.60. The zero-order valence-corrected chi connectivity index (χ0v) is 11.4. The Balaban J connectivity index is 2.12. The van der Waals surface area contributed by atoms with Crippen molar-refractivity contribution >= 4 is 5.78 Å². The zero-order valence-electron chi connectivity index (χ0n) is 11.4. The first kappa shape index (κ1) is 13.4. The first-order valence-electron chi connectivity index (χ1n) is 6.31. The Kier molecular flexibility index (Phi) is 4.04. The predicted molar refractivity (Wildman–Crippen MR) is 70.4 cm³/mol. The highest BCUT2D eigenvalue weighted by molar-refractivity contribution is 5.80. The molecule has 0 unspecified atom stereocenters. The van der Waals surface area contributed by atoms with Gasteiger partial charge in [0.1, 0.15) is 5.78 Å². The van der Waals surface area contributed by atoms with E-state index in [1.165, 1.54) is 0 Å². The molecule has 0 fully saturated rings. The molecule has 2 rings (SSSR count). The maximum Gasteiger partial charge on any atom is 0.234 e. The van der Waals surface area contributed by atoms with Crippen molar-refractivity contribution in [2.45, 2.75) is 33.6 Å². The summed E-state index contributed by atoms with van der Waals surface area (Å²) < 4.78 is 5.12. The van der Waals surface area contributed by atoms with Crippen molar-refractivity contribution in [1.29, 1.82) is 0 Å². The van der Waals surface area contributed by atoms with E-state index in [0.29, 0.717) is 24.1 Å². The molecule has 2 aromatic heterocycles. The van der Waals surface area contributed by atoms with Gasteiger partial charge in [-0.2, -0.15) is 4.98 Å². The van der Waals surface area contributed by atoms with Gasteiger partial charge in [0.25, 0.3) is 0 Å². The Morgan fingerprint density at radius 1 is 1.42 bits per heavy atom. The molecule has 100 valence electrons. The van der Waals surface area contributed by atoms with Crippen LogP contribution in [0.5, 0.6) is 0 Å². The lowest BCUT2D eigenvalue weighted by Gasteiger charge is -2.00. The smallest absolute Gasteiger partial charge is 0.234 e. The highest BCUT2D eigenvalue weighted by Gasteiger charge is 2.14. The molecule has 5 nitrogen and oxygen atoms in total. The van der Waals surface area contributed by atoms with Crippen molar-refractivity contribution in [3.05, 3.63) is 29.9 Å². The van der Waals surface area contributed by atoms with Crippen molar-refractivity contribution < 1.29 is 9.32 Å². The Bertz CT molecular complexity index is 576. The number of pyridine rings is 1. The van der Waals surface area contributed by atoms with E-state index < -0.39 is 0 Å². The van der Waals surface area contributed by atoms with E-state index in [1.807, 2.05) is 26.8 Å². The Morgan fingerprint density at radius 2 is 2.21 bits per heavy atom. The van der Waals surface area contributed by atoms with Crippen LogP contribution >= 0.6 is 0 Å². The molecule has 0 aliphatic rings. The third kappa shape index (κ3) is 3.47. The van der Waals surface area contributed by atoms with Crippen LogP contribution in [0.4, 0.5) is 0 Å². The number of hydrogen-bond donors (Lipinski definition) is 0. The standard InChI is InChI=1S/C14H17N3O2/c1-9(2)6-11(18)7-13-16-14(17-19-13)12-8-15-5-4-10(12)3/h4-5,8-9H,6-7H2,1-3H3. The van der Waals surface area contributed by atoms with Gasteiger partial charge in [-0.3, -0.25) is 9.78 Å². The minimum atomic E-state index is 0.119. The van der Waals surface area contributed by atoms with Crippen molar-refractivity contribution in [2.24, 2.45) is 5.92 Å². The molecule has 19 heavy (non-hydrogen) atoms. The van der Waals surface area contributed by atoms with E-state index in [4.69, 9.17) is 4.52 Å². The number of rotatable bonds is 5. The Morgan fingerprint density at radius 3 is 2.89 bits per heavy atom. The van der Waals surface area contributed by atoms with Gasteiger partial charge in [0.05, 0.1) is 6.42 Å². The summed E-state index contributed by atoms with van der Waals surface area (Å²) in [6, 6.07) is 1.88. The van der Waals surface area contributed by atoms with Crippen LogP contribution in [-0.4, -0.2) is 20.9 Å². The SMILES string of the molecule is Cc1ccncc1-c1noc(CC(=O)CC(C)C)n1. The van der Waals surface area contributed by atoms with Crippen LogP contribution in [0.25, 0.3) is 11.4 Å². The molecule has 0 aliphatic carbocycles. The maximum absolute atomic E-state index is 11.7. The molecule has 0 N–H and O–H groups in total. The largest absolute Gasteiger partial charge is 0.338 e. The Hall–Kier alpha value is -2.04. The highest BCUT2D eigenvalue weighted by Crippen LogP contribution is 2.19. The normalized spacial score (nSPS) is 10.9. The second-order valence-corrected chi connectivity index (χ2v) is 5.02. The number of carbonyl (C=O) groups excluding carboxylic acids is 1. The highest BCUT2D eigenvalue weighted by atomic mass is 16.5. The van der Waals surface area contributed by atoms with Crippen LogP contribution in [0.15, 0.2) is 23.0 Å². The van der Waals surface area contributed by atoms with Gasteiger partial charge in [0, 0.05) is 24.4 Å². The lowest BCUT2D eigenvalue weighted by atomic mass is 10.1. The molecule has 0 spiro atoms. The minimum absolute atomic E-state index is 0.119. The summed E-state index contributed by atoms with van der Waals surface area (Å²) in [7, 11) is 0.